The summed E-state index contributed by atoms with van der Waals surface area (Å²) in [6.07, 6.45) is 7.69. The third-order valence-electron chi connectivity index (χ3n) is 6.90. The fourth-order valence-electron chi connectivity index (χ4n) is 4.95. The molecular formula is C28H33N3O4. The van der Waals surface area contributed by atoms with Gasteiger partial charge in [-0.15, -0.1) is 0 Å². The van der Waals surface area contributed by atoms with Gasteiger partial charge in [-0.05, 0) is 49.4 Å². The average Bonchev–Trinajstić information content (AvgIpc) is 3.48. The van der Waals surface area contributed by atoms with Gasteiger partial charge in [0.15, 0.2) is 5.78 Å². The van der Waals surface area contributed by atoms with Crippen molar-refractivity contribution in [3.8, 4) is 0 Å². The normalized spacial score (nSPS) is 14.1. The van der Waals surface area contributed by atoms with Crippen molar-refractivity contribution in [1.82, 2.24) is 9.47 Å². The van der Waals surface area contributed by atoms with Crippen molar-refractivity contribution in [3.05, 3.63) is 83.1 Å². The Bertz CT molecular complexity index is 1160. The van der Waals surface area contributed by atoms with E-state index >= 15 is 0 Å². The van der Waals surface area contributed by atoms with Gasteiger partial charge < -0.3 is 19.6 Å². The van der Waals surface area contributed by atoms with Crippen LogP contribution in [0.3, 0.4) is 0 Å². The van der Waals surface area contributed by atoms with Crippen molar-refractivity contribution in [3.63, 3.8) is 0 Å². The number of furan rings is 1. The number of benzene rings is 1. The van der Waals surface area contributed by atoms with E-state index in [9.17, 15) is 14.4 Å². The van der Waals surface area contributed by atoms with Crippen LogP contribution >= 0.6 is 0 Å². The Hall–Kier alpha value is -3.61. The lowest BCUT2D eigenvalue weighted by molar-refractivity contribution is -0.132. The number of nitrogens with zero attached hydrogens (tertiary/aromatic N) is 2. The van der Waals surface area contributed by atoms with Crippen LogP contribution in [-0.4, -0.2) is 33.6 Å². The highest BCUT2D eigenvalue weighted by atomic mass is 16.3. The molecule has 1 aliphatic rings. The second-order valence-electron chi connectivity index (χ2n) is 9.43. The van der Waals surface area contributed by atoms with E-state index in [1.54, 1.807) is 28.7 Å². The maximum absolute atomic E-state index is 13.6. The second kappa shape index (κ2) is 11.2. The lowest BCUT2D eigenvalue weighted by Crippen LogP contribution is -2.37. The van der Waals surface area contributed by atoms with Crippen LogP contribution in [0.1, 0.15) is 76.4 Å². The second-order valence-corrected chi connectivity index (χ2v) is 9.43. The van der Waals surface area contributed by atoms with Gasteiger partial charge in [-0.1, -0.05) is 49.6 Å². The Morgan fingerprint density at radius 2 is 1.80 bits per heavy atom. The summed E-state index contributed by atoms with van der Waals surface area (Å²) >= 11 is 0. The van der Waals surface area contributed by atoms with Crippen LogP contribution in [0.4, 0.5) is 0 Å². The molecule has 0 spiro atoms. The van der Waals surface area contributed by atoms with Gasteiger partial charge in [-0.3, -0.25) is 14.4 Å². The Kier molecular flexibility index (Phi) is 7.85. The number of amides is 2. The van der Waals surface area contributed by atoms with Crippen LogP contribution in [0.25, 0.3) is 0 Å². The number of hydrogen-bond acceptors (Lipinski definition) is 4. The van der Waals surface area contributed by atoms with Crippen LogP contribution in [0.15, 0.2) is 59.2 Å². The van der Waals surface area contributed by atoms with Crippen LogP contribution in [0, 0.1) is 12.8 Å². The highest BCUT2D eigenvalue weighted by Crippen LogP contribution is 2.27. The zero-order valence-corrected chi connectivity index (χ0v) is 20.2. The Morgan fingerprint density at radius 1 is 1.06 bits per heavy atom. The molecule has 3 aromatic rings. The molecule has 7 nitrogen and oxygen atoms in total. The Labute approximate surface area is 205 Å². The monoisotopic (exact) mass is 475 g/mol. The fourth-order valence-corrected chi connectivity index (χ4v) is 4.95. The first-order chi connectivity index (χ1) is 16.9. The summed E-state index contributed by atoms with van der Waals surface area (Å²) in [6.45, 7) is 2.34. The molecule has 35 heavy (non-hydrogen) atoms. The van der Waals surface area contributed by atoms with E-state index in [1.165, 1.54) is 12.5 Å². The molecule has 1 saturated carbocycles. The quantitative estimate of drug-likeness (QED) is 0.429. The largest absolute Gasteiger partial charge is 0.467 e. The zero-order chi connectivity index (χ0) is 24.8. The third-order valence-corrected chi connectivity index (χ3v) is 6.90. The number of rotatable bonds is 10. The number of ketones is 1. The molecular weight excluding hydrogens is 442 g/mol. The molecule has 2 heterocycles. The Balaban J connectivity index is 1.59. The lowest BCUT2D eigenvalue weighted by Gasteiger charge is -2.27. The van der Waals surface area contributed by atoms with Crippen LogP contribution in [0.5, 0.6) is 0 Å². The predicted molar refractivity (Wildman–Crippen MR) is 133 cm³/mol. The highest BCUT2D eigenvalue weighted by Gasteiger charge is 2.26. The van der Waals surface area contributed by atoms with E-state index < -0.39 is 5.91 Å². The molecule has 4 rings (SSSR count). The summed E-state index contributed by atoms with van der Waals surface area (Å²) in [7, 11) is 0. The van der Waals surface area contributed by atoms with E-state index in [0.717, 1.165) is 31.2 Å². The molecule has 0 unspecified atom stereocenters. The van der Waals surface area contributed by atoms with Crippen molar-refractivity contribution >= 4 is 17.6 Å². The zero-order valence-electron chi connectivity index (χ0n) is 20.2. The number of primary amides is 1. The minimum absolute atomic E-state index is 0.00918. The number of nitrogens with two attached hydrogens (primary N) is 1. The van der Waals surface area contributed by atoms with Crippen molar-refractivity contribution in [2.24, 2.45) is 11.7 Å². The SMILES string of the molecule is Cc1c(C(N)=O)cc(C(=O)CN(Cc2ccccc2)C(=O)CC2CCCCC2)n1Cc1ccco1. The van der Waals surface area contributed by atoms with Crippen LogP contribution in [-0.2, 0) is 17.9 Å². The summed E-state index contributed by atoms with van der Waals surface area (Å²) in [5.41, 5.74) is 7.78. The smallest absolute Gasteiger partial charge is 0.250 e. The van der Waals surface area contributed by atoms with Crippen LogP contribution in [0.2, 0.25) is 0 Å². The van der Waals surface area contributed by atoms with Crippen molar-refractivity contribution < 1.29 is 18.8 Å². The molecule has 0 atom stereocenters. The minimum atomic E-state index is -0.593. The average molecular weight is 476 g/mol. The van der Waals surface area contributed by atoms with E-state index in [1.807, 2.05) is 36.4 Å². The fraction of sp³-hybridized carbons (Fsp3) is 0.393. The number of carbonyl (C=O) groups is 3. The predicted octanol–water partition coefficient (Wildman–Crippen LogP) is 4.72. The highest BCUT2D eigenvalue weighted by molar-refractivity contribution is 6.02. The molecule has 0 aliphatic heterocycles. The number of Topliss-reactive ketones (excluding diaryl/α,β-unsaturated/α-hetero) is 1. The standard InChI is InChI=1S/C28H33N3O4/c1-20-24(28(29)34)16-25(31(20)18-23-13-8-14-35-23)26(32)19-30(17-22-11-6-3-7-12-22)27(33)15-21-9-4-2-5-10-21/h3,6-8,11-14,16,21H,2,4-5,9-10,15,17-19H2,1H3,(H2,29,34). The first-order valence-electron chi connectivity index (χ1n) is 12.3. The maximum Gasteiger partial charge on any atom is 0.250 e. The topological polar surface area (TPSA) is 98.5 Å². The number of aromatic nitrogens is 1. The molecule has 0 radical (unpaired) electrons. The summed E-state index contributed by atoms with van der Waals surface area (Å²) in [4.78, 5) is 40.6. The molecule has 0 bridgehead atoms. The van der Waals surface area contributed by atoms with E-state index in [4.69, 9.17) is 10.2 Å². The molecule has 7 heteroatoms. The molecule has 184 valence electrons. The van der Waals surface area contributed by atoms with Gasteiger partial charge in [0.05, 0.1) is 30.6 Å². The summed E-state index contributed by atoms with van der Waals surface area (Å²) in [6, 6.07) is 14.8. The first kappa shape index (κ1) is 24.5. The molecule has 1 aliphatic carbocycles. The van der Waals surface area contributed by atoms with Crippen molar-refractivity contribution in [2.75, 3.05) is 6.54 Å². The Morgan fingerprint density at radius 3 is 2.46 bits per heavy atom. The third kappa shape index (κ3) is 6.10. The molecule has 1 fully saturated rings. The minimum Gasteiger partial charge on any atom is -0.467 e. The molecule has 2 aromatic heterocycles. The molecule has 0 saturated heterocycles. The van der Waals surface area contributed by atoms with Gasteiger partial charge in [0.1, 0.15) is 5.76 Å². The van der Waals surface area contributed by atoms with Gasteiger partial charge >= 0.3 is 0 Å². The van der Waals surface area contributed by atoms with Gasteiger partial charge in [0.25, 0.3) is 5.91 Å². The number of hydrogen-bond donors (Lipinski definition) is 1. The molecule has 1 aromatic carbocycles. The van der Waals surface area contributed by atoms with Crippen molar-refractivity contribution in [1.29, 1.82) is 0 Å². The summed E-state index contributed by atoms with van der Waals surface area (Å²) in [5.74, 6) is 0.189. The van der Waals surface area contributed by atoms with Crippen LogP contribution < -0.4 is 5.73 Å². The van der Waals surface area contributed by atoms with E-state index in [-0.39, 0.29) is 18.2 Å². The van der Waals surface area contributed by atoms with E-state index in [2.05, 4.69) is 0 Å². The van der Waals surface area contributed by atoms with E-state index in [0.29, 0.717) is 48.1 Å². The lowest BCUT2D eigenvalue weighted by atomic mass is 9.86. The van der Waals surface area contributed by atoms with Gasteiger partial charge in [-0.2, -0.15) is 0 Å². The van der Waals surface area contributed by atoms with Gasteiger partial charge in [0, 0.05) is 18.7 Å². The summed E-state index contributed by atoms with van der Waals surface area (Å²) < 4.78 is 7.21. The first-order valence-corrected chi connectivity index (χ1v) is 12.3. The maximum atomic E-state index is 13.6. The summed E-state index contributed by atoms with van der Waals surface area (Å²) in [5, 5.41) is 0. The van der Waals surface area contributed by atoms with Gasteiger partial charge in [-0.25, -0.2) is 0 Å². The van der Waals surface area contributed by atoms with Crippen molar-refractivity contribution in [2.45, 2.75) is 58.5 Å². The van der Waals surface area contributed by atoms with Gasteiger partial charge in [0.2, 0.25) is 5.91 Å². The molecule has 2 N–H and O–H groups in total. The molecule has 2 amide bonds. The number of carbonyl (C=O) groups excluding carboxylic acids is 3.